The first-order valence-corrected chi connectivity index (χ1v) is 13.4. The molecule has 0 spiro atoms. The number of amides is 3. The quantitative estimate of drug-likeness (QED) is 0.418. The number of hydrogen-bond donors (Lipinski definition) is 2. The largest absolute Gasteiger partial charge is 0.467 e. The lowest BCUT2D eigenvalue weighted by molar-refractivity contribution is -0.125. The third-order valence-electron chi connectivity index (χ3n) is 6.14. The number of para-hydroxylation sites is 1. The lowest BCUT2D eigenvalue weighted by atomic mass is 10.1. The van der Waals surface area contributed by atoms with Gasteiger partial charge in [0.25, 0.3) is 5.91 Å². The minimum atomic E-state index is -0.686. The second-order valence-electron chi connectivity index (χ2n) is 8.82. The van der Waals surface area contributed by atoms with Crippen LogP contribution < -0.4 is 10.6 Å². The first-order chi connectivity index (χ1) is 18.6. The summed E-state index contributed by atoms with van der Waals surface area (Å²) in [4.78, 5) is 49.0. The fraction of sp³-hybridized carbons (Fsp3) is 0.250. The fourth-order valence-corrected chi connectivity index (χ4v) is 5.04. The average molecular weight is 530 g/mol. The summed E-state index contributed by atoms with van der Waals surface area (Å²) in [5.74, 6) is 0.677. The Morgan fingerprint density at radius 1 is 0.974 bits per heavy atom. The topological polar surface area (TPSA) is 116 Å². The van der Waals surface area contributed by atoms with Crippen LogP contribution in [-0.4, -0.2) is 52.0 Å². The highest BCUT2D eigenvalue weighted by atomic mass is 32.2. The molecule has 3 heterocycles. The van der Waals surface area contributed by atoms with Crippen LogP contribution in [-0.2, 0) is 27.3 Å². The van der Waals surface area contributed by atoms with Gasteiger partial charge in [-0.2, -0.15) is 0 Å². The SMILES string of the molecule is O=C(CCC1N=C2c3ccccc3N=C(SCC(=O)NCc3ccco3)N2C1=O)NCCc1ccccc1. The molecule has 0 radical (unpaired) electrons. The van der Waals surface area contributed by atoms with E-state index in [1.165, 1.54) is 16.7 Å². The van der Waals surface area contributed by atoms with Gasteiger partial charge in [-0.1, -0.05) is 54.2 Å². The van der Waals surface area contributed by atoms with Crippen LogP contribution in [0.2, 0.25) is 0 Å². The standard InChI is InChI=1S/C28H27N5O4S/c34-24(29-15-14-19-7-2-1-3-8-19)13-12-23-27(36)33-26(31-23)21-10-4-5-11-22(21)32-28(33)38-18-25(35)30-17-20-9-6-16-37-20/h1-11,16,23H,12-15,17-18H2,(H,29,34)(H,30,35). The summed E-state index contributed by atoms with van der Waals surface area (Å²) in [5.41, 5.74) is 2.59. The predicted molar refractivity (Wildman–Crippen MR) is 146 cm³/mol. The Balaban J connectivity index is 1.19. The molecule has 5 rings (SSSR count). The van der Waals surface area contributed by atoms with Crippen molar-refractivity contribution in [3.63, 3.8) is 0 Å². The van der Waals surface area contributed by atoms with Crippen LogP contribution in [0.5, 0.6) is 0 Å². The maximum Gasteiger partial charge on any atom is 0.259 e. The van der Waals surface area contributed by atoms with Crippen LogP contribution >= 0.6 is 11.8 Å². The van der Waals surface area contributed by atoms with Gasteiger partial charge in [-0.05, 0) is 42.7 Å². The number of carbonyl (C=O) groups is 3. The second-order valence-corrected chi connectivity index (χ2v) is 9.77. The van der Waals surface area contributed by atoms with Crippen molar-refractivity contribution in [2.45, 2.75) is 31.8 Å². The van der Waals surface area contributed by atoms with Gasteiger partial charge in [-0.15, -0.1) is 0 Å². The van der Waals surface area contributed by atoms with E-state index in [0.717, 1.165) is 17.5 Å². The number of nitrogens with one attached hydrogen (secondary N) is 2. The number of rotatable bonds is 10. The number of carbonyl (C=O) groups excluding carboxylic acids is 3. The van der Waals surface area contributed by atoms with Crippen molar-refractivity contribution in [2.75, 3.05) is 12.3 Å². The van der Waals surface area contributed by atoms with Gasteiger partial charge in [-0.3, -0.25) is 19.4 Å². The Kier molecular flexibility index (Phi) is 7.98. The maximum atomic E-state index is 13.4. The Labute approximate surface area is 224 Å². The van der Waals surface area contributed by atoms with E-state index in [1.54, 1.807) is 18.4 Å². The highest BCUT2D eigenvalue weighted by Gasteiger charge is 2.41. The van der Waals surface area contributed by atoms with E-state index in [-0.39, 0.29) is 36.4 Å². The molecule has 3 amide bonds. The molecule has 2 aliphatic rings. The lowest BCUT2D eigenvalue weighted by Gasteiger charge is -2.25. The monoisotopic (exact) mass is 529 g/mol. The average Bonchev–Trinajstić information content (AvgIpc) is 3.58. The molecule has 3 aromatic rings. The number of aliphatic imine (C=N–C) groups is 2. The number of amidine groups is 2. The van der Waals surface area contributed by atoms with Crippen molar-refractivity contribution in [1.82, 2.24) is 15.5 Å². The van der Waals surface area contributed by atoms with E-state index < -0.39 is 6.04 Å². The summed E-state index contributed by atoms with van der Waals surface area (Å²) in [6, 6.07) is 20.3. The summed E-state index contributed by atoms with van der Waals surface area (Å²) in [5, 5.41) is 6.12. The summed E-state index contributed by atoms with van der Waals surface area (Å²) in [6.07, 6.45) is 2.77. The third-order valence-corrected chi connectivity index (χ3v) is 7.08. The molecule has 1 aromatic heterocycles. The Hall–Kier alpha value is -4.18. The molecule has 2 aromatic carbocycles. The van der Waals surface area contributed by atoms with Crippen LogP contribution in [0.3, 0.4) is 0 Å². The molecular weight excluding hydrogens is 502 g/mol. The molecule has 0 fully saturated rings. The summed E-state index contributed by atoms with van der Waals surface area (Å²) < 4.78 is 5.24. The highest BCUT2D eigenvalue weighted by Crippen LogP contribution is 2.34. The summed E-state index contributed by atoms with van der Waals surface area (Å²) in [7, 11) is 0. The number of thioether (sulfide) groups is 1. The molecule has 1 unspecified atom stereocenters. The molecule has 0 aliphatic carbocycles. The molecule has 1 atom stereocenters. The normalized spacial score (nSPS) is 15.8. The number of fused-ring (bicyclic) bond motifs is 3. The zero-order valence-electron chi connectivity index (χ0n) is 20.6. The number of nitrogens with zero attached hydrogens (tertiary/aromatic N) is 3. The number of hydrogen-bond acceptors (Lipinski definition) is 7. The highest BCUT2D eigenvalue weighted by molar-refractivity contribution is 8.14. The minimum absolute atomic E-state index is 0.0766. The number of furan rings is 1. The first-order valence-electron chi connectivity index (χ1n) is 12.4. The van der Waals surface area contributed by atoms with Gasteiger partial charge < -0.3 is 15.1 Å². The molecule has 0 saturated carbocycles. The van der Waals surface area contributed by atoms with Gasteiger partial charge in [-0.25, -0.2) is 9.89 Å². The molecular formula is C28H27N5O4S. The molecule has 2 N–H and O–H groups in total. The smallest absolute Gasteiger partial charge is 0.259 e. The molecule has 9 nitrogen and oxygen atoms in total. The van der Waals surface area contributed by atoms with E-state index in [2.05, 4.69) is 20.6 Å². The van der Waals surface area contributed by atoms with Crippen molar-refractivity contribution >= 4 is 46.2 Å². The number of benzene rings is 2. The third kappa shape index (κ3) is 6.03. The zero-order valence-corrected chi connectivity index (χ0v) is 21.4. The first kappa shape index (κ1) is 25.5. The summed E-state index contributed by atoms with van der Waals surface area (Å²) in [6.45, 7) is 0.817. The van der Waals surface area contributed by atoms with Gasteiger partial charge in [0.05, 0.1) is 24.2 Å². The van der Waals surface area contributed by atoms with Crippen molar-refractivity contribution in [3.8, 4) is 0 Å². The van der Waals surface area contributed by atoms with Crippen LogP contribution in [0.15, 0.2) is 87.4 Å². The van der Waals surface area contributed by atoms with Gasteiger partial charge in [0, 0.05) is 18.5 Å². The van der Waals surface area contributed by atoms with Crippen LogP contribution in [0.1, 0.15) is 29.7 Å². The second kappa shape index (κ2) is 11.9. The molecule has 194 valence electrons. The van der Waals surface area contributed by atoms with Crippen LogP contribution in [0.25, 0.3) is 0 Å². The van der Waals surface area contributed by atoms with Crippen molar-refractivity contribution in [3.05, 3.63) is 89.9 Å². The molecule has 0 saturated heterocycles. The zero-order chi connectivity index (χ0) is 26.3. The minimum Gasteiger partial charge on any atom is -0.467 e. The van der Waals surface area contributed by atoms with Gasteiger partial charge in [0.2, 0.25) is 11.8 Å². The van der Waals surface area contributed by atoms with Crippen molar-refractivity contribution in [2.24, 2.45) is 9.98 Å². The molecule has 10 heteroatoms. The molecule has 2 aliphatic heterocycles. The fourth-order valence-electron chi connectivity index (χ4n) is 4.21. The van der Waals surface area contributed by atoms with Crippen molar-refractivity contribution < 1.29 is 18.8 Å². The van der Waals surface area contributed by atoms with E-state index >= 15 is 0 Å². The van der Waals surface area contributed by atoms with E-state index in [1.807, 2.05) is 54.6 Å². The Morgan fingerprint density at radius 3 is 2.61 bits per heavy atom. The van der Waals surface area contributed by atoms with E-state index in [9.17, 15) is 14.4 Å². The Bertz CT molecular complexity index is 1370. The molecule has 38 heavy (non-hydrogen) atoms. The van der Waals surface area contributed by atoms with E-state index in [0.29, 0.717) is 35.4 Å². The van der Waals surface area contributed by atoms with Gasteiger partial charge >= 0.3 is 0 Å². The molecule has 0 bridgehead atoms. The Morgan fingerprint density at radius 2 is 1.79 bits per heavy atom. The lowest BCUT2D eigenvalue weighted by Crippen LogP contribution is -2.41. The van der Waals surface area contributed by atoms with E-state index in [4.69, 9.17) is 4.42 Å². The van der Waals surface area contributed by atoms with Gasteiger partial charge in [0.1, 0.15) is 17.6 Å². The summed E-state index contributed by atoms with van der Waals surface area (Å²) >= 11 is 1.17. The predicted octanol–water partition coefficient (Wildman–Crippen LogP) is 3.43. The van der Waals surface area contributed by atoms with Crippen molar-refractivity contribution in [1.29, 1.82) is 0 Å². The van der Waals surface area contributed by atoms with Gasteiger partial charge in [0.15, 0.2) is 5.17 Å². The van der Waals surface area contributed by atoms with Crippen LogP contribution in [0.4, 0.5) is 5.69 Å². The maximum absolute atomic E-state index is 13.4. The van der Waals surface area contributed by atoms with Crippen LogP contribution in [0, 0.1) is 0 Å².